The highest BCUT2D eigenvalue weighted by molar-refractivity contribution is 5.55. The Balaban J connectivity index is 2.10. The number of aliphatic hydroxyl groups is 1. The van der Waals surface area contributed by atoms with Gasteiger partial charge in [0.1, 0.15) is 18.0 Å². The quantitative estimate of drug-likeness (QED) is 0.569. The fraction of sp³-hybridized carbons (Fsp3) is 0.467. The second-order valence-electron chi connectivity index (χ2n) is 5.60. The van der Waals surface area contributed by atoms with E-state index < -0.39 is 24.3 Å². The fourth-order valence-corrected chi connectivity index (χ4v) is 2.50. The Morgan fingerprint density at radius 2 is 2.28 bits per heavy atom. The zero-order chi connectivity index (χ0) is 18.0. The van der Waals surface area contributed by atoms with Crippen molar-refractivity contribution < 1.29 is 23.9 Å². The molecule has 1 N–H and O–H groups in total. The maximum absolute atomic E-state index is 13.3. The summed E-state index contributed by atoms with van der Waals surface area (Å²) in [7, 11) is 1.44. The third-order valence-electron chi connectivity index (χ3n) is 3.78. The molecule has 9 nitrogen and oxygen atoms in total. The summed E-state index contributed by atoms with van der Waals surface area (Å²) in [5.41, 5.74) is 0.521. The van der Waals surface area contributed by atoms with Crippen LogP contribution in [0.5, 0.6) is 11.8 Å². The highest BCUT2D eigenvalue weighted by Crippen LogP contribution is 2.48. The minimum absolute atomic E-state index is 0.0332. The summed E-state index contributed by atoms with van der Waals surface area (Å²) in [5, 5.41) is 24.5. The van der Waals surface area contributed by atoms with E-state index in [1.807, 2.05) is 0 Å². The average molecular weight is 352 g/mol. The Morgan fingerprint density at radius 3 is 2.88 bits per heavy atom. The lowest BCUT2D eigenvalue weighted by atomic mass is 10.2. The number of nitrogens with zero attached hydrogens (tertiary/aromatic N) is 4. The van der Waals surface area contributed by atoms with Gasteiger partial charge in [-0.15, -0.1) is 5.10 Å². The van der Waals surface area contributed by atoms with E-state index in [0.717, 1.165) is 12.8 Å². The fourth-order valence-electron chi connectivity index (χ4n) is 2.50. The number of aliphatic hydroxyl groups excluding tert-OH is 1. The van der Waals surface area contributed by atoms with Crippen LogP contribution in [0.3, 0.4) is 0 Å². The molecule has 2 aromatic heterocycles. The number of alkyl halides is 1. The van der Waals surface area contributed by atoms with Crippen LogP contribution in [0.2, 0.25) is 0 Å². The number of ether oxygens (including phenoxy) is 2. The van der Waals surface area contributed by atoms with Crippen molar-refractivity contribution in [1.82, 2.24) is 14.8 Å². The normalized spacial score (nSPS) is 15.0. The molecule has 1 saturated carbocycles. The molecule has 134 valence electrons. The van der Waals surface area contributed by atoms with Crippen molar-refractivity contribution >= 4 is 5.69 Å². The monoisotopic (exact) mass is 352 g/mol. The van der Waals surface area contributed by atoms with E-state index in [0.29, 0.717) is 11.4 Å². The van der Waals surface area contributed by atoms with Gasteiger partial charge in [0.2, 0.25) is 5.88 Å². The Morgan fingerprint density at radius 1 is 1.52 bits per heavy atom. The van der Waals surface area contributed by atoms with Crippen molar-refractivity contribution in [3.63, 3.8) is 0 Å². The van der Waals surface area contributed by atoms with Crippen LogP contribution in [-0.2, 0) is 0 Å². The molecule has 2 aromatic rings. The number of hydrogen-bond donors (Lipinski definition) is 1. The molecule has 1 aliphatic rings. The van der Waals surface area contributed by atoms with E-state index in [1.54, 1.807) is 12.1 Å². The Kier molecular flexibility index (Phi) is 4.79. The molecule has 0 aliphatic heterocycles. The zero-order valence-corrected chi connectivity index (χ0v) is 13.5. The number of aromatic nitrogens is 3. The molecular weight excluding hydrogens is 335 g/mol. The Labute approximate surface area is 142 Å². The minimum atomic E-state index is -1.65. The third kappa shape index (κ3) is 3.38. The van der Waals surface area contributed by atoms with Crippen LogP contribution < -0.4 is 9.47 Å². The summed E-state index contributed by atoms with van der Waals surface area (Å²) >= 11 is 0. The van der Waals surface area contributed by atoms with Gasteiger partial charge in [0, 0.05) is 12.1 Å². The summed E-state index contributed by atoms with van der Waals surface area (Å²) in [6.45, 7) is -1.26. The molecule has 1 unspecified atom stereocenters. The molecule has 0 bridgehead atoms. The smallest absolute Gasteiger partial charge is 0.354 e. The lowest BCUT2D eigenvalue weighted by Gasteiger charge is -2.09. The van der Waals surface area contributed by atoms with Crippen molar-refractivity contribution in [3.05, 3.63) is 34.1 Å². The van der Waals surface area contributed by atoms with Gasteiger partial charge >= 0.3 is 11.6 Å². The minimum Gasteiger partial charge on any atom is -0.479 e. The molecule has 0 spiro atoms. The SMILES string of the molecule is COc1ncccc1-n1nc(OCC(F)CO)c([N+](=O)[O-])c1C1CC1. The molecule has 10 heteroatoms. The molecule has 1 fully saturated rings. The number of methoxy groups -OCH3 is 1. The highest BCUT2D eigenvalue weighted by atomic mass is 19.1. The van der Waals surface area contributed by atoms with Crippen LogP contribution in [0.15, 0.2) is 18.3 Å². The molecule has 0 aromatic carbocycles. The maximum Gasteiger partial charge on any atom is 0.354 e. The largest absolute Gasteiger partial charge is 0.479 e. The highest BCUT2D eigenvalue weighted by Gasteiger charge is 2.40. The lowest BCUT2D eigenvalue weighted by molar-refractivity contribution is -0.386. The molecule has 0 radical (unpaired) electrons. The van der Waals surface area contributed by atoms with Crippen molar-refractivity contribution in [2.75, 3.05) is 20.3 Å². The first-order chi connectivity index (χ1) is 12.1. The van der Waals surface area contributed by atoms with Crippen LogP contribution in [0.1, 0.15) is 24.5 Å². The molecule has 0 amide bonds. The van der Waals surface area contributed by atoms with E-state index in [1.165, 1.54) is 18.0 Å². The van der Waals surface area contributed by atoms with Gasteiger partial charge in [-0.25, -0.2) is 14.1 Å². The van der Waals surface area contributed by atoms with Gasteiger partial charge in [0.15, 0.2) is 6.17 Å². The van der Waals surface area contributed by atoms with E-state index in [-0.39, 0.29) is 23.4 Å². The molecule has 3 rings (SSSR count). The zero-order valence-electron chi connectivity index (χ0n) is 13.5. The molecule has 2 heterocycles. The third-order valence-corrected chi connectivity index (χ3v) is 3.78. The second kappa shape index (κ2) is 7.01. The number of rotatable bonds is 8. The van der Waals surface area contributed by atoms with E-state index in [4.69, 9.17) is 14.6 Å². The molecule has 1 aliphatic carbocycles. The summed E-state index contributed by atoms with van der Waals surface area (Å²) < 4.78 is 25.0. The lowest BCUT2D eigenvalue weighted by Crippen LogP contribution is -2.17. The summed E-state index contributed by atoms with van der Waals surface area (Å²) in [5.74, 6) is -0.0600. The van der Waals surface area contributed by atoms with Gasteiger partial charge in [0.25, 0.3) is 0 Å². The topological polar surface area (TPSA) is 113 Å². The number of pyridine rings is 1. The van der Waals surface area contributed by atoms with Crippen molar-refractivity contribution in [2.45, 2.75) is 24.9 Å². The number of nitro groups is 1. The second-order valence-corrected chi connectivity index (χ2v) is 5.60. The Hall–Kier alpha value is -2.75. The molecule has 0 saturated heterocycles. The van der Waals surface area contributed by atoms with Gasteiger partial charge in [-0.2, -0.15) is 0 Å². The van der Waals surface area contributed by atoms with Crippen LogP contribution in [0.4, 0.5) is 10.1 Å². The van der Waals surface area contributed by atoms with E-state index >= 15 is 0 Å². The predicted molar refractivity (Wildman–Crippen MR) is 84.0 cm³/mol. The average Bonchev–Trinajstić information content (AvgIpc) is 3.39. The maximum atomic E-state index is 13.3. The van der Waals surface area contributed by atoms with Crippen molar-refractivity contribution in [2.24, 2.45) is 0 Å². The van der Waals surface area contributed by atoms with Gasteiger partial charge in [-0.3, -0.25) is 10.1 Å². The standard InChI is InChI=1S/C15H17FN4O5/c1-24-14-11(3-2-6-17-14)19-12(9-4-5-9)13(20(22)23)15(18-19)25-8-10(16)7-21/h2-3,6,9-10,21H,4-5,7-8H2,1H3. The summed E-state index contributed by atoms with van der Waals surface area (Å²) in [4.78, 5) is 15.1. The first-order valence-electron chi connectivity index (χ1n) is 7.71. The predicted octanol–water partition coefficient (Wildman–Crippen LogP) is 1.77. The van der Waals surface area contributed by atoms with E-state index in [9.17, 15) is 14.5 Å². The van der Waals surface area contributed by atoms with Gasteiger partial charge < -0.3 is 14.6 Å². The van der Waals surface area contributed by atoms with Gasteiger partial charge in [-0.1, -0.05) is 0 Å². The molecule has 25 heavy (non-hydrogen) atoms. The first kappa shape index (κ1) is 17.1. The first-order valence-corrected chi connectivity index (χ1v) is 7.71. The van der Waals surface area contributed by atoms with E-state index in [2.05, 4.69) is 10.1 Å². The summed E-state index contributed by atoms with van der Waals surface area (Å²) in [6.07, 6.45) is 1.46. The molecular formula is C15H17FN4O5. The van der Waals surface area contributed by atoms with Gasteiger partial charge in [0.05, 0.1) is 18.6 Å². The molecule has 1 atom stereocenters. The van der Waals surface area contributed by atoms with Crippen molar-refractivity contribution in [1.29, 1.82) is 0 Å². The van der Waals surface area contributed by atoms with Crippen LogP contribution in [-0.4, -0.2) is 51.3 Å². The van der Waals surface area contributed by atoms with Crippen molar-refractivity contribution in [3.8, 4) is 17.4 Å². The Bertz CT molecular complexity index is 777. The van der Waals surface area contributed by atoms with Crippen LogP contribution in [0, 0.1) is 10.1 Å². The summed E-state index contributed by atoms with van der Waals surface area (Å²) in [6, 6.07) is 3.33. The number of halogens is 1. The van der Waals surface area contributed by atoms with Gasteiger partial charge in [-0.05, 0) is 25.0 Å². The van der Waals surface area contributed by atoms with Crippen LogP contribution in [0.25, 0.3) is 5.69 Å². The number of hydrogen-bond acceptors (Lipinski definition) is 7. The van der Waals surface area contributed by atoms with Crippen LogP contribution >= 0.6 is 0 Å².